The zero-order valence-corrected chi connectivity index (χ0v) is 20.3. The maximum atomic E-state index is 12.2. The fourth-order valence-electron chi connectivity index (χ4n) is 3.59. The lowest BCUT2D eigenvalue weighted by molar-refractivity contribution is 0.0155. The van der Waals surface area contributed by atoms with E-state index in [4.69, 9.17) is 21.1 Å². The van der Waals surface area contributed by atoms with Gasteiger partial charge in [0.25, 0.3) is 0 Å². The smallest absolute Gasteiger partial charge is 0.410 e. The highest BCUT2D eigenvalue weighted by Crippen LogP contribution is 2.33. The molecule has 2 aliphatic heterocycles. The summed E-state index contributed by atoms with van der Waals surface area (Å²) in [6.45, 7) is 12.1. The van der Waals surface area contributed by atoms with Crippen molar-refractivity contribution in [3.05, 3.63) is 16.2 Å². The van der Waals surface area contributed by atoms with E-state index < -0.39 is 5.60 Å². The van der Waals surface area contributed by atoms with Gasteiger partial charge in [-0.1, -0.05) is 11.8 Å². The summed E-state index contributed by atoms with van der Waals surface area (Å²) in [7, 11) is 0. The highest BCUT2D eigenvalue weighted by Gasteiger charge is 2.25. The molecule has 0 radical (unpaired) electrons. The highest BCUT2D eigenvalue weighted by atomic mass is 35.5. The van der Waals surface area contributed by atoms with Crippen LogP contribution in [0.25, 0.3) is 10.2 Å². The number of morpholine rings is 1. The molecule has 172 valence electrons. The normalized spacial score (nSPS) is 17.9. The number of carbonyl (C=O) groups excluding carboxylic acids is 1. The van der Waals surface area contributed by atoms with E-state index in [1.165, 1.54) is 0 Å². The highest BCUT2D eigenvalue weighted by molar-refractivity contribution is 7.20. The van der Waals surface area contributed by atoms with Crippen LogP contribution in [0.15, 0.2) is 6.07 Å². The molecule has 2 saturated heterocycles. The van der Waals surface area contributed by atoms with Crippen LogP contribution < -0.4 is 4.90 Å². The molecule has 4 rings (SSSR count). The van der Waals surface area contributed by atoms with Crippen LogP contribution in [-0.2, 0) is 9.47 Å². The zero-order chi connectivity index (χ0) is 22.7. The Labute approximate surface area is 197 Å². The number of rotatable bonds is 2. The monoisotopic (exact) mass is 477 g/mol. The molecule has 0 unspecified atom stereocenters. The molecule has 0 saturated carbocycles. The molecule has 2 fully saturated rings. The van der Waals surface area contributed by atoms with E-state index in [0.717, 1.165) is 47.1 Å². The first-order valence-corrected chi connectivity index (χ1v) is 12.0. The Kier molecular flexibility index (Phi) is 7.05. The number of amides is 1. The predicted molar refractivity (Wildman–Crippen MR) is 127 cm³/mol. The second kappa shape index (κ2) is 9.79. The van der Waals surface area contributed by atoms with Crippen molar-refractivity contribution in [2.45, 2.75) is 26.4 Å². The van der Waals surface area contributed by atoms with Crippen LogP contribution in [0.2, 0.25) is 5.28 Å². The second-order valence-corrected chi connectivity index (χ2v) is 10.2. The molecule has 4 heterocycles. The number of fused-ring (bicyclic) bond motifs is 1. The van der Waals surface area contributed by atoms with Crippen molar-refractivity contribution in [3.63, 3.8) is 0 Å². The summed E-state index contributed by atoms with van der Waals surface area (Å²) < 4.78 is 11.9. The number of ether oxygens (including phenoxy) is 2. The summed E-state index contributed by atoms with van der Waals surface area (Å²) in [5.41, 5.74) is 0.354. The maximum Gasteiger partial charge on any atom is 0.410 e. The van der Waals surface area contributed by atoms with Crippen LogP contribution in [0.5, 0.6) is 0 Å². The zero-order valence-electron chi connectivity index (χ0n) is 18.7. The van der Waals surface area contributed by atoms with Gasteiger partial charge in [-0.15, -0.1) is 11.3 Å². The standard InChI is InChI=1S/C22H28ClN5O3S/c1-22(2,3)31-21(29)28-9-7-26(8-10-28)6-4-5-16-15-17-18(32-16)19(25-20(23)24-17)27-11-13-30-14-12-27/h15H,6-14H2,1-3H3. The lowest BCUT2D eigenvalue weighted by atomic mass is 10.2. The summed E-state index contributed by atoms with van der Waals surface area (Å²) in [6.07, 6.45) is -0.246. The van der Waals surface area contributed by atoms with Crippen molar-refractivity contribution < 1.29 is 14.3 Å². The third kappa shape index (κ3) is 5.81. The van der Waals surface area contributed by atoms with Crippen LogP contribution in [0.1, 0.15) is 25.6 Å². The summed E-state index contributed by atoms with van der Waals surface area (Å²) in [6, 6.07) is 1.98. The van der Waals surface area contributed by atoms with Crippen molar-refractivity contribution in [2.24, 2.45) is 0 Å². The molecule has 2 aliphatic rings. The molecular weight excluding hydrogens is 450 g/mol. The van der Waals surface area contributed by atoms with Gasteiger partial charge in [0.2, 0.25) is 5.28 Å². The summed E-state index contributed by atoms with van der Waals surface area (Å²) >= 11 is 7.77. The summed E-state index contributed by atoms with van der Waals surface area (Å²) in [4.78, 5) is 28.2. The van der Waals surface area contributed by atoms with Crippen molar-refractivity contribution in [1.29, 1.82) is 0 Å². The summed E-state index contributed by atoms with van der Waals surface area (Å²) in [5.74, 6) is 7.39. The summed E-state index contributed by atoms with van der Waals surface area (Å²) in [5, 5.41) is 0.249. The molecule has 0 aromatic carbocycles. The molecule has 0 bridgehead atoms. The molecule has 2 aromatic heterocycles. The fraction of sp³-hybridized carbons (Fsp3) is 0.591. The Morgan fingerprint density at radius 1 is 1.19 bits per heavy atom. The minimum Gasteiger partial charge on any atom is -0.444 e. The molecule has 0 aliphatic carbocycles. The van der Waals surface area contributed by atoms with Gasteiger partial charge in [0.1, 0.15) is 5.60 Å². The van der Waals surface area contributed by atoms with Gasteiger partial charge in [0.05, 0.1) is 34.9 Å². The molecular formula is C22H28ClN5O3S. The minimum atomic E-state index is -0.472. The van der Waals surface area contributed by atoms with Gasteiger partial charge in [0, 0.05) is 39.3 Å². The van der Waals surface area contributed by atoms with Gasteiger partial charge < -0.3 is 19.3 Å². The molecule has 0 atom stereocenters. The van der Waals surface area contributed by atoms with Crippen LogP contribution in [-0.4, -0.2) is 90.5 Å². The number of halogens is 1. The fourth-order valence-corrected chi connectivity index (χ4v) is 4.75. The Bertz CT molecular complexity index is 1030. The number of nitrogens with zero attached hydrogens (tertiary/aromatic N) is 5. The molecule has 32 heavy (non-hydrogen) atoms. The van der Waals surface area contributed by atoms with E-state index >= 15 is 0 Å². The van der Waals surface area contributed by atoms with E-state index in [0.29, 0.717) is 32.8 Å². The average Bonchev–Trinajstić information content (AvgIpc) is 3.15. The van der Waals surface area contributed by atoms with Crippen LogP contribution >= 0.6 is 22.9 Å². The van der Waals surface area contributed by atoms with Crippen molar-refractivity contribution in [1.82, 2.24) is 19.8 Å². The third-order valence-electron chi connectivity index (χ3n) is 5.18. The van der Waals surface area contributed by atoms with Crippen LogP contribution in [0, 0.1) is 11.8 Å². The van der Waals surface area contributed by atoms with Gasteiger partial charge in [-0.3, -0.25) is 4.90 Å². The van der Waals surface area contributed by atoms with Gasteiger partial charge >= 0.3 is 6.09 Å². The molecule has 10 heteroatoms. The van der Waals surface area contributed by atoms with E-state index in [9.17, 15) is 4.79 Å². The quantitative estimate of drug-likeness (QED) is 0.486. The van der Waals surface area contributed by atoms with Crippen molar-refractivity contribution in [3.8, 4) is 11.8 Å². The van der Waals surface area contributed by atoms with Crippen molar-refractivity contribution in [2.75, 3.05) is 63.9 Å². The van der Waals surface area contributed by atoms with E-state index in [1.54, 1.807) is 16.2 Å². The molecule has 1 amide bonds. The molecule has 8 nitrogen and oxygen atoms in total. The number of piperazine rings is 1. The first-order valence-electron chi connectivity index (χ1n) is 10.8. The van der Waals surface area contributed by atoms with Gasteiger partial charge in [-0.25, -0.2) is 9.78 Å². The lowest BCUT2D eigenvalue weighted by Crippen LogP contribution is -2.50. The van der Waals surface area contributed by atoms with E-state index in [1.807, 2.05) is 26.8 Å². The lowest BCUT2D eigenvalue weighted by Gasteiger charge is -2.34. The SMILES string of the molecule is CC(C)(C)OC(=O)N1CCN(CC#Cc2cc3nc(Cl)nc(N4CCOCC4)c3s2)CC1. The van der Waals surface area contributed by atoms with Crippen LogP contribution in [0.4, 0.5) is 10.6 Å². The van der Waals surface area contributed by atoms with Crippen LogP contribution in [0.3, 0.4) is 0 Å². The average molecular weight is 478 g/mol. The van der Waals surface area contributed by atoms with Gasteiger partial charge in [0.15, 0.2) is 5.82 Å². The Morgan fingerprint density at radius 2 is 1.91 bits per heavy atom. The largest absolute Gasteiger partial charge is 0.444 e. The molecule has 0 N–H and O–H groups in total. The number of anilines is 1. The maximum absolute atomic E-state index is 12.2. The first-order chi connectivity index (χ1) is 15.3. The minimum absolute atomic E-state index is 0.246. The number of hydrogen-bond acceptors (Lipinski definition) is 8. The van der Waals surface area contributed by atoms with Crippen molar-refractivity contribution >= 4 is 45.1 Å². The Balaban J connectivity index is 1.37. The Morgan fingerprint density at radius 3 is 2.59 bits per heavy atom. The number of aromatic nitrogens is 2. The third-order valence-corrected chi connectivity index (χ3v) is 6.38. The molecule has 2 aromatic rings. The van der Waals surface area contributed by atoms with Gasteiger partial charge in [-0.05, 0) is 38.4 Å². The Hall–Kier alpha value is -2.12. The topological polar surface area (TPSA) is 71.0 Å². The number of carbonyl (C=O) groups is 1. The first kappa shape index (κ1) is 23.1. The second-order valence-electron chi connectivity index (χ2n) is 8.79. The predicted octanol–water partition coefficient (Wildman–Crippen LogP) is 3.09. The van der Waals surface area contributed by atoms with E-state index in [-0.39, 0.29) is 11.4 Å². The van der Waals surface area contributed by atoms with Gasteiger partial charge in [-0.2, -0.15) is 4.98 Å². The number of hydrogen-bond donors (Lipinski definition) is 0. The number of thiophene rings is 1. The molecule has 0 spiro atoms. The van der Waals surface area contributed by atoms with E-state index in [2.05, 4.69) is 31.6 Å².